The Morgan fingerprint density at radius 1 is 1.00 bits per heavy atom. The zero-order valence-electron chi connectivity index (χ0n) is 14.2. The van der Waals surface area contributed by atoms with Crippen LogP contribution in [0.5, 0.6) is 11.5 Å². The number of hydrogen-bond acceptors (Lipinski definition) is 4. The Balaban J connectivity index is 1.52. The number of carbonyl (C=O) groups excluding carboxylic acids is 2. The summed E-state index contributed by atoms with van der Waals surface area (Å²) in [6.07, 6.45) is 0.317. The standard InChI is InChI=1S/C20H21NO4/c1-14(15-5-3-2-4-6-15)21-20(23)10-8-17(22)16-7-9-18-19(13-16)25-12-11-24-18/h2-7,9,13-14H,8,10-12H2,1H3,(H,21,23). The van der Waals surface area contributed by atoms with E-state index in [0.717, 1.165) is 5.56 Å². The minimum atomic E-state index is -0.137. The fourth-order valence-corrected chi connectivity index (χ4v) is 2.73. The maximum Gasteiger partial charge on any atom is 0.220 e. The highest BCUT2D eigenvalue weighted by Crippen LogP contribution is 2.31. The Bertz CT molecular complexity index is 758. The van der Waals surface area contributed by atoms with Gasteiger partial charge in [0.05, 0.1) is 6.04 Å². The molecule has 0 aliphatic carbocycles. The molecule has 0 radical (unpaired) electrons. The molecule has 3 rings (SSSR count). The first-order valence-corrected chi connectivity index (χ1v) is 8.40. The van der Waals surface area contributed by atoms with Crippen molar-refractivity contribution in [2.45, 2.75) is 25.8 Å². The molecule has 0 bridgehead atoms. The highest BCUT2D eigenvalue weighted by atomic mass is 16.6. The third kappa shape index (κ3) is 4.38. The van der Waals surface area contributed by atoms with E-state index in [1.54, 1.807) is 18.2 Å². The van der Waals surface area contributed by atoms with Gasteiger partial charge in [-0.2, -0.15) is 0 Å². The van der Waals surface area contributed by atoms with Crippen LogP contribution in [0.25, 0.3) is 0 Å². The lowest BCUT2D eigenvalue weighted by Crippen LogP contribution is -2.26. The van der Waals surface area contributed by atoms with Crippen LogP contribution in [0.4, 0.5) is 0 Å². The summed E-state index contributed by atoms with van der Waals surface area (Å²) in [6.45, 7) is 2.92. The summed E-state index contributed by atoms with van der Waals surface area (Å²) in [7, 11) is 0. The molecule has 0 saturated carbocycles. The average Bonchev–Trinajstić information content (AvgIpc) is 2.66. The van der Waals surface area contributed by atoms with Crippen molar-refractivity contribution in [3.63, 3.8) is 0 Å². The van der Waals surface area contributed by atoms with Gasteiger partial charge in [-0.05, 0) is 30.7 Å². The smallest absolute Gasteiger partial charge is 0.220 e. The summed E-state index contributed by atoms with van der Waals surface area (Å²) in [5, 5.41) is 2.92. The summed E-state index contributed by atoms with van der Waals surface area (Å²) in [6, 6.07) is 14.8. The zero-order chi connectivity index (χ0) is 17.6. The number of carbonyl (C=O) groups is 2. The number of benzene rings is 2. The Morgan fingerprint density at radius 2 is 1.72 bits per heavy atom. The topological polar surface area (TPSA) is 64.6 Å². The second-order valence-electron chi connectivity index (χ2n) is 5.98. The normalized spacial score (nSPS) is 13.8. The molecular weight excluding hydrogens is 318 g/mol. The Hall–Kier alpha value is -2.82. The molecule has 1 amide bonds. The third-order valence-electron chi connectivity index (χ3n) is 4.12. The minimum absolute atomic E-state index is 0.0838. The van der Waals surface area contributed by atoms with Crippen LogP contribution in [0.3, 0.4) is 0 Å². The van der Waals surface area contributed by atoms with Crippen molar-refractivity contribution in [1.82, 2.24) is 5.32 Å². The molecule has 130 valence electrons. The highest BCUT2D eigenvalue weighted by Gasteiger charge is 2.16. The molecule has 1 N–H and O–H groups in total. The van der Waals surface area contributed by atoms with Crippen molar-refractivity contribution < 1.29 is 19.1 Å². The molecule has 5 heteroatoms. The van der Waals surface area contributed by atoms with Gasteiger partial charge in [-0.1, -0.05) is 30.3 Å². The van der Waals surface area contributed by atoms with Gasteiger partial charge in [0.25, 0.3) is 0 Å². The molecule has 0 saturated heterocycles. The lowest BCUT2D eigenvalue weighted by molar-refractivity contribution is -0.121. The zero-order valence-corrected chi connectivity index (χ0v) is 14.2. The Labute approximate surface area is 147 Å². The molecule has 1 aliphatic rings. The molecular formula is C20H21NO4. The van der Waals surface area contributed by atoms with Crippen LogP contribution in [-0.2, 0) is 4.79 Å². The van der Waals surface area contributed by atoms with Crippen LogP contribution < -0.4 is 14.8 Å². The summed E-state index contributed by atoms with van der Waals surface area (Å²) in [4.78, 5) is 24.4. The van der Waals surface area contributed by atoms with E-state index in [0.29, 0.717) is 30.3 Å². The summed E-state index contributed by atoms with van der Waals surface area (Å²) < 4.78 is 10.9. The van der Waals surface area contributed by atoms with Crippen LogP contribution in [0.15, 0.2) is 48.5 Å². The largest absolute Gasteiger partial charge is 0.486 e. The average molecular weight is 339 g/mol. The second-order valence-corrected chi connectivity index (χ2v) is 5.98. The third-order valence-corrected chi connectivity index (χ3v) is 4.12. The van der Waals surface area contributed by atoms with Crippen molar-refractivity contribution in [2.24, 2.45) is 0 Å². The SMILES string of the molecule is CC(NC(=O)CCC(=O)c1ccc2c(c1)OCCO2)c1ccccc1. The van der Waals surface area contributed by atoms with Gasteiger partial charge in [-0.15, -0.1) is 0 Å². The van der Waals surface area contributed by atoms with E-state index in [9.17, 15) is 9.59 Å². The maximum atomic E-state index is 12.3. The first-order chi connectivity index (χ1) is 12.1. The molecule has 5 nitrogen and oxygen atoms in total. The molecule has 1 aliphatic heterocycles. The molecule has 1 unspecified atom stereocenters. The minimum Gasteiger partial charge on any atom is -0.486 e. The number of ketones is 1. The summed E-state index contributed by atoms with van der Waals surface area (Å²) in [5.74, 6) is 1.01. The van der Waals surface area contributed by atoms with Crippen molar-refractivity contribution in [3.8, 4) is 11.5 Å². The van der Waals surface area contributed by atoms with E-state index in [-0.39, 0.29) is 30.6 Å². The van der Waals surface area contributed by atoms with E-state index >= 15 is 0 Å². The molecule has 1 heterocycles. The molecule has 2 aromatic rings. The lowest BCUT2D eigenvalue weighted by atomic mass is 10.0. The predicted octanol–water partition coefficient (Wildman–Crippen LogP) is 3.30. The monoisotopic (exact) mass is 339 g/mol. The summed E-state index contributed by atoms with van der Waals surface area (Å²) in [5.41, 5.74) is 1.57. The quantitative estimate of drug-likeness (QED) is 0.820. The molecule has 25 heavy (non-hydrogen) atoms. The predicted molar refractivity (Wildman–Crippen MR) is 94.0 cm³/mol. The van der Waals surface area contributed by atoms with Crippen molar-refractivity contribution in [3.05, 3.63) is 59.7 Å². The van der Waals surface area contributed by atoms with Crippen molar-refractivity contribution >= 4 is 11.7 Å². The van der Waals surface area contributed by atoms with E-state index in [2.05, 4.69) is 5.32 Å². The fourth-order valence-electron chi connectivity index (χ4n) is 2.73. The number of amides is 1. The van der Waals surface area contributed by atoms with Crippen LogP contribution in [0.1, 0.15) is 41.7 Å². The first kappa shape index (κ1) is 17.0. The van der Waals surface area contributed by atoms with Gasteiger partial charge < -0.3 is 14.8 Å². The number of ether oxygens (including phenoxy) is 2. The molecule has 0 aromatic heterocycles. The number of rotatable bonds is 6. The second kappa shape index (κ2) is 7.83. The van der Waals surface area contributed by atoms with Gasteiger partial charge in [0.2, 0.25) is 5.91 Å². The number of nitrogens with one attached hydrogen (secondary N) is 1. The molecule has 0 spiro atoms. The van der Waals surface area contributed by atoms with Gasteiger partial charge in [-0.3, -0.25) is 9.59 Å². The number of fused-ring (bicyclic) bond motifs is 1. The van der Waals surface area contributed by atoms with Crippen LogP contribution in [0, 0.1) is 0 Å². The van der Waals surface area contributed by atoms with E-state index < -0.39 is 0 Å². The maximum absolute atomic E-state index is 12.3. The first-order valence-electron chi connectivity index (χ1n) is 8.40. The van der Waals surface area contributed by atoms with Crippen LogP contribution in [0.2, 0.25) is 0 Å². The Kier molecular flexibility index (Phi) is 5.33. The van der Waals surface area contributed by atoms with Crippen molar-refractivity contribution in [1.29, 1.82) is 0 Å². The highest BCUT2D eigenvalue weighted by molar-refractivity contribution is 5.98. The van der Waals surface area contributed by atoms with Gasteiger partial charge >= 0.3 is 0 Å². The lowest BCUT2D eigenvalue weighted by Gasteiger charge is -2.18. The van der Waals surface area contributed by atoms with Crippen molar-refractivity contribution in [2.75, 3.05) is 13.2 Å². The number of Topliss-reactive ketones (excluding diaryl/α,β-unsaturated/α-hetero) is 1. The van der Waals surface area contributed by atoms with Gasteiger partial charge in [-0.25, -0.2) is 0 Å². The van der Waals surface area contributed by atoms with E-state index in [1.165, 1.54) is 0 Å². The summed E-state index contributed by atoms with van der Waals surface area (Å²) >= 11 is 0. The van der Waals surface area contributed by atoms with E-state index in [1.807, 2.05) is 37.3 Å². The van der Waals surface area contributed by atoms with Gasteiger partial charge in [0.1, 0.15) is 13.2 Å². The Morgan fingerprint density at radius 3 is 2.48 bits per heavy atom. The van der Waals surface area contributed by atoms with Gasteiger partial charge in [0.15, 0.2) is 17.3 Å². The molecule has 1 atom stereocenters. The van der Waals surface area contributed by atoms with Crippen LogP contribution >= 0.6 is 0 Å². The van der Waals surface area contributed by atoms with E-state index in [4.69, 9.17) is 9.47 Å². The fraction of sp³-hybridized carbons (Fsp3) is 0.300. The van der Waals surface area contributed by atoms with Gasteiger partial charge in [0, 0.05) is 18.4 Å². The number of hydrogen-bond donors (Lipinski definition) is 1. The molecule has 0 fully saturated rings. The molecule has 2 aromatic carbocycles. The van der Waals surface area contributed by atoms with Crippen LogP contribution in [-0.4, -0.2) is 24.9 Å².